The van der Waals surface area contributed by atoms with Crippen molar-refractivity contribution in [3.05, 3.63) is 42.5 Å². The van der Waals surface area contributed by atoms with Gasteiger partial charge in [-0.3, -0.25) is 4.99 Å². The van der Waals surface area contributed by atoms with E-state index >= 15 is 0 Å². The summed E-state index contributed by atoms with van der Waals surface area (Å²) >= 11 is 0. The molecule has 4 rings (SSSR count). The zero-order valence-corrected chi connectivity index (χ0v) is 17.3. The topological polar surface area (TPSA) is 67.6 Å². The zero-order valence-electron chi connectivity index (χ0n) is 15.0. The number of halogens is 1. The first-order valence-corrected chi connectivity index (χ1v) is 8.75. The molecule has 2 saturated heterocycles. The third-order valence-corrected chi connectivity index (χ3v) is 5.20. The van der Waals surface area contributed by atoms with Crippen LogP contribution in [0.15, 0.2) is 41.9 Å². The molecule has 3 heterocycles. The van der Waals surface area contributed by atoms with Crippen LogP contribution >= 0.6 is 24.0 Å². The molecule has 2 aliphatic rings. The van der Waals surface area contributed by atoms with Crippen molar-refractivity contribution in [2.45, 2.75) is 19.4 Å². The van der Waals surface area contributed by atoms with Gasteiger partial charge in [-0.2, -0.15) is 5.10 Å². The normalized spacial score (nSPS) is 22.7. The van der Waals surface area contributed by atoms with Gasteiger partial charge in [-0.15, -0.1) is 24.0 Å². The molecule has 1 spiro atoms. The number of aromatic nitrogens is 3. The minimum Gasteiger partial charge on any atom is -0.381 e. The average Bonchev–Trinajstić information content (AvgIpc) is 3.40. The van der Waals surface area contributed by atoms with E-state index in [1.807, 2.05) is 7.05 Å². The molecule has 8 heteroatoms. The summed E-state index contributed by atoms with van der Waals surface area (Å²) in [5, 5.41) is 7.63. The maximum atomic E-state index is 5.62. The van der Waals surface area contributed by atoms with Crippen molar-refractivity contribution >= 4 is 29.9 Å². The van der Waals surface area contributed by atoms with Crippen LogP contribution in [-0.4, -0.2) is 59.0 Å². The van der Waals surface area contributed by atoms with Crippen molar-refractivity contribution in [3.63, 3.8) is 0 Å². The summed E-state index contributed by atoms with van der Waals surface area (Å²) in [6.07, 6.45) is 5.60. The van der Waals surface area contributed by atoms with Gasteiger partial charge >= 0.3 is 0 Å². The lowest BCUT2D eigenvalue weighted by molar-refractivity contribution is 0.156. The maximum Gasteiger partial charge on any atom is 0.193 e. The second kappa shape index (κ2) is 8.34. The Morgan fingerprint density at radius 2 is 2.15 bits per heavy atom. The number of nitrogens with zero attached hydrogens (tertiary/aromatic N) is 5. The second-order valence-electron chi connectivity index (χ2n) is 6.88. The van der Waals surface area contributed by atoms with Crippen LogP contribution in [0.5, 0.6) is 0 Å². The van der Waals surface area contributed by atoms with Gasteiger partial charge in [0.2, 0.25) is 0 Å². The second-order valence-corrected chi connectivity index (χ2v) is 6.88. The van der Waals surface area contributed by atoms with Crippen LogP contribution in [0.4, 0.5) is 0 Å². The minimum atomic E-state index is 0. The Bertz CT molecular complexity index is 725. The predicted octanol–water partition coefficient (Wildman–Crippen LogP) is 2.07. The summed E-state index contributed by atoms with van der Waals surface area (Å²) in [5.41, 5.74) is 2.56. The van der Waals surface area contributed by atoms with Gasteiger partial charge in [-0.1, -0.05) is 12.1 Å². The summed E-state index contributed by atoms with van der Waals surface area (Å²) in [6, 6.07) is 8.31. The number of rotatable bonds is 3. The molecule has 1 atom stereocenters. The highest BCUT2D eigenvalue weighted by Crippen LogP contribution is 2.38. The number of benzene rings is 1. The number of hydrogen-bond acceptors (Lipinski definition) is 4. The van der Waals surface area contributed by atoms with Crippen LogP contribution in [0, 0.1) is 5.41 Å². The third kappa shape index (κ3) is 4.01. The van der Waals surface area contributed by atoms with Gasteiger partial charge in [0.15, 0.2) is 5.96 Å². The Morgan fingerprint density at radius 3 is 2.81 bits per heavy atom. The van der Waals surface area contributed by atoms with Crippen LogP contribution in [0.1, 0.15) is 18.4 Å². The van der Waals surface area contributed by atoms with Gasteiger partial charge in [0.1, 0.15) is 12.7 Å². The third-order valence-electron chi connectivity index (χ3n) is 5.20. The molecular weight excluding hydrogens is 443 g/mol. The summed E-state index contributed by atoms with van der Waals surface area (Å²) in [7, 11) is 1.85. The average molecular weight is 468 g/mol. The molecule has 1 N–H and O–H groups in total. The highest BCUT2D eigenvalue weighted by Gasteiger charge is 2.42. The molecule has 0 amide bonds. The van der Waals surface area contributed by atoms with Crippen molar-refractivity contribution < 1.29 is 4.74 Å². The smallest absolute Gasteiger partial charge is 0.193 e. The fourth-order valence-corrected chi connectivity index (χ4v) is 3.71. The highest BCUT2D eigenvalue weighted by molar-refractivity contribution is 14.0. The molecule has 7 nitrogen and oxygen atoms in total. The van der Waals surface area contributed by atoms with Crippen LogP contribution in [0.2, 0.25) is 0 Å². The van der Waals surface area contributed by atoms with Gasteiger partial charge in [0.25, 0.3) is 0 Å². The van der Waals surface area contributed by atoms with Gasteiger partial charge < -0.3 is 15.0 Å². The molecule has 1 aromatic heterocycles. The molecule has 0 radical (unpaired) electrons. The predicted molar refractivity (Wildman–Crippen MR) is 111 cm³/mol. The highest BCUT2D eigenvalue weighted by atomic mass is 127. The molecule has 2 fully saturated rings. The molecule has 2 aliphatic heterocycles. The van der Waals surface area contributed by atoms with E-state index in [1.54, 1.807) is 11.0 Å². The van der Waals surface area contributed by atoms with Gasteiger partial charge in [-0.25, -0.2) is 9.67 Å². The first-order chi connectivity index (χ1) is 12.3. The first kappa shape index (κ1) is 19.1. The number of guanidine groups is 1. The lowest BCUT2D eigenvalue weighted by Gasteiger charge is -2.25. The monoisotopic (exact) mass is 468 g/mol. The van der Waals surface area contributed by atoms with Crippen LogP contribution < -0.4 is 5.32 Å². The zero-order chi connectivity index (χ0) is 17.1. The number of ether oxygens (including phenoxy) is 1. The first-order valence-electron chi connectivity index (χ1n) is 8.75. The fraction of sp³-hybridized carbons (Fsp3) is 0.500. The standard InChI is InChI=1S/C18H24N6O.HI/c1-19-17(23-8-6-18(11-23)7-9-25-12-18)21-10-15-2-4-16(5-3-15)24-14-20-13-22-24;/h2-5,13-14H,6-12H2,1H3,(H,19,21);1H. The maximum absolute atomic E-state index is 5.62. The van der Waals surface area contributed by atoms with Gasteiger partial charge in [0, 0.05) is 38.7 Å². The SMILES string of the molecule is CN=C(NCc1ccc(-n2cncn2)cc1)N1CCC2(CCOC2)C1.I. The quantitative estimate of drug-likeness (QED) is 0.425. The van der Waals surface area contributed by atoms with E-state index in [0.717, 1.165) is 44.5 Å². The van der Waals surface area contributed by atoms with Crippen molar-refractivity contribution in [2.75, 3.05) is 33.4 Å². The van der Waals surface area contributed by atoms with Crippen molar-refractivity contribution in [3.8, 4) is 5.69 Å². The van der Waals surface area contributed by atoms with Gasteiger partial charge in [0.05, 0.1) is 12.3 Å². The largest absolute Gasteiger partial charge is 0.381 e. The summed E-state index contributed by atoms with van der Waals surface area (Å²) in [6.45, 7) is 4.64. The van der Waals surface area contributed by atoms with Crippen LogP contribution in [-0.2, 0) is 11.3 Å². The van der Waals surface area contributed by atoms with Crippen molar-refractivity contribution in [2.24, 2.45) is 10.4 Å². The van der Waals surface area contributed by atoms with E-state index < -0.39 is 0 Å². The molecule has 0 bridgehead atoms. The van der Waals surface area contributed by atoms with Crippen LogP contribution in [0.25, 0.3) is 5.69 Å². The molecular formula is C18H25IN6O. The summed E-state index contributed by atoms with van der Waals surface area (Å²) in [4.78, 5) is 10.8. The van der Waals surface area contributed by atoms with Gasteiger partial charge in [-0.05, 0) is 30.5 Å². The van der Waals surface area contributed by atoms with E-state index in [0.29, 0.717) is 5.41 Å². The Labute approximate surface area is 170 Å². The van der Waals surface area contributed by atoms with E-state index in [-0.39, 0.29) is 24.0 Å². The lowest BCUT2D eigenvalue weighted by Crippen LogP contribution is -2.41. The van der Waals surface area contributed by atoms with E-state index in [4.69, 9.17) is 4.74 Å². The number of nitrogens with one attached hydrogen (secondary N) is 1. The summed E-state index contributed by atoms with van der Waals surface area (Å²) in [5.74, 6) is 0.976. The molecule has 1 unspecified atom stereocenters. The van der Waals surface area contributed by atoms with E-state index in [1.165, 1.54) is 24.7 Å². The molecule has 26 heavy (non-hydrogen) atoms. The molecule has 140 valence electrons. The molecule has 0 saturated carbocycles. The Kier molecular flexibility index (Phi) is 6.13. The van der Waals surface area contributed by atoms with Crippen molar-refractivity contribution in [1.82, 2.24) is 25.0 Å². The number of hydrogen-bond donors (Lipinski definition) is 1. The minimum absolute atomic E-state index is 0. The lowest BCUT2D eigenvalue weighted by atomic mass is 9.87. The Morgan fingerprint density at radius 1 is 1.31 bits per heavy atom. The number of aliphatic imine (C=N–C) groups is 1. The Balaban J connectivity index is 0.00000196. The number of likely N-dealkylation sites (tertiary alicyclic amines) is 1. The summed E-state index contributed by atoms with van der Waals surface area (Å²) < 4.78 is 7.37. The van der Waals surface area contributed by atoms with Crippen molar-refractivity contribution in [1.29, 1.82) is 0 Å². The van der Waals surface area contributed by atoms with Crippen LogP contribution in [0.3, 0.4) is 0 Å². The van der Waals surface area contributed by atoms with E-state index in [9.17, 15) is 0 Å². The molecule has 1 aromatic carbocycles. The molecule has 2 aromatic rings. The van der Waals surface area contributed by atoms with E-state index in [2.05, 4.69) is 49.6 Å². The Hall–Kier alpha value is -1.68. The molecule has 0 aliphatic carbocycles. The fourth-order valence-electron chi connectivity index (χ4n) is 3.71.